The highest BCUT2D eigenvalue weighted by Crippen LogP contribution is 2.32. The van der Waals surface area contributed by atoms with Crippen molar-refractivity contribution >= 4 is 40.6 Å². The van der Waals surface area contributed by atoms with Crippen molar-refractivity contribution in [3.8, 4) is 17.2 Å². The molecule has 1 unspecified atom stereocenters. The van der Waals surface area contributed by atoms with E-state index in [9.17, 15) is 14.4 Å². The lowest BCUT2D eigenvalue weighted by Crippen LogP contribution is -2.37. The van der Waals surface area contributed by atoms with Crippen LogP contribution in [0.25, 0.3) is 0 Å². The maximum absolute atomic E-state index is 13.4. The first-order valence-corrected chi connectivity index (χ1v) is 11.7. The summed E-state index contributed by atoms with van der Waals surface area (Å²) in [5, 5.41) is 4.68. The second kappa shape index (κ2) is 10.5. The van der Waals surface area contributed by atoms with Crippen LogP contribution in [0.3, 0.4) is 0 Å². The second-order valence-corrected chi connectivity index (χ2v) is 8.77. The van der Waals surface area contributed by atoms with Crippen LogP contribution in [0, 0.1) is 0 Å². The van der Waals surface area contributed by atoms with Gasteiger partial charge in [0.1, 0.15) is 23.3 Å². The fourth-order valence-electron chi connectivity index (χ4n) is 3.84. The van der Waals surface area contributed by atoms with E-state index in [2.05, 4.69) is 5.32 Å². The standard InChI is InChI=1S/C25H25N3O6S/c1-32-18-7-4-6-17(12-18)28-24(30)22(27(25(28)31)15-21-8-5-9-35-21)14-23(29)26-16-10-19(33-2)13-20(11-16)34-3/h4-13,22H,14-15H2,1-3H3,(H,26,29). The first kappa shape index (κ1) is 24.1. The van der Waals surface area contributed by atoms with E-state index in [1.807, 2.05) is 17.5 Å². The van der Waals surface area contributed by atoms with Gasteiger partial charge in [0.25, 0.3) is 5.91 Å². The summed E-state index contributed by atoms with van der Waals surface area (Å²) in [6.07, 6.45) is -0.212. The van der Waals surface area contributed by atoms with Gasteiger partial charge in [-0.2, -0.15) is 0 Å². The lowest BCUT2D eigenvalue weighted by atomic mass is 10.1. The number of carbonyl (C=O) groups excluding carboxylic acids is 3. The molecule has 2 aromatic carbocycles. The molecular formula is C25H25N3O6S. The van der Waals surface area contributed by atoms with Crippen molar-refractivity contribution in [1.82, 2.24) is 4.90 Å². The quantitative estimate of drug-likeness (QED) is 0.448. The molecule has 0 bridgehead atoms. The number of amides is 4. The number of hydrogen-bond acceptors (Lipinski definition) is 7. The van der Waals surface area contributed by atoms with Gasteiger partial charge in [0.2, 0.25) is 5.91 Å². The molecule has 2 heterocycles. The van der Waals surface area contributed by atoms with Crippen LogP contribution in [0.1, 0.15) is 11.3 Å². The summed E-state index contributed by atoms with van der Waals surface area (Å²) in [5.41, 5.74) is 0.841. The minimum absolute atomic E-state index is 0.212. The molecule has 1 saturated heterocycles. The molecule has 10 heteroatoms. The number of imide groups is 1. The Labute approximate surface area is 206 Å². The van der Waals surface area contributed by atoms with Crippen molar-refractivity contribution in [2.75, 3.05) is 31.5 Å². The highest BCUT2D eigenvalue weighted by molar-refractivity contribution is 7.09. The van der Waals surface area contributed by atoms with E-state index in [-0.39, 0.29) is 13.0 Å². The van der Waals surface area contributed by atoms with E-state index >= 15 is 0 Å². The molecule has 1 aliphatic heterocycles. The monoisotopic (exact) mass is 495 g/mol. The average molecular weight is 496 g/mol. The number of urea groups is 1. The summed E-state index contributed by atoms with van der Waals surface area (Å²) in [4.78, 5) is 43.3. The van der Waals surface area contributed by atoms with Gasteiger partial charge < -0.3 is 24.4 Å². The van der Waals surface area contributed by atoms with E-state index in [1.54, 1.807) is 42.5 Å². The van der Waals surface area contributed by atoms with Crippen LogP contribution < -0.4 is 24.4 Å². The molecule has 1 N–H and O–H groups in total. The van der Waals surface area contributed by atoms with Crippen LogP contribution in [0.2, 0.25) is 0 Å². The van der Waals surface area contributed by atoms with E-state index in [0.29, 0.717) is 28.6 Å². The van der Waals surface area contributed by atoms with Gasteiger partial charge in [0.15, 0.2) is 0 Å². The largest absolute Gasteiger partial charge is 0.497 e. The lowest BCUT2D eigenvalue weighted by Gasteiger charge is -2.21. The minimum atomic E-state index is -0.969. The van der Waals surface area contributed by atoms with Crippen LogP contribution in [-0.2, 0) is 16.1 Å². The van der Waals surface area contributed by atoms with Gasteiger partial charge in [0, 0.05) is 34.8 Å². The third-order valence-corrected chi connectivity index (χ3v) is 6.41. The van der Waals surface area contributed by atoms with Gasteiger partial charge in [-0.05, 0) is 23.6 Å². The Bertz CT molecular complexity index is 1210. The van der Waals surface area contributed by atoms with E-state index in [0.717, 1.165) is 9.78 Å². The fraction of sp³-hybridized carbons (Fsp3) is 0.240. The summed E-state index contributed by atoms with van der Waals surface area (Å²) in [5.74, 6) is 0.639. The molecule has 0 radical (unpaired) electrons. The van der Waals surface area contributed by atoms with Gasteiger partial charge in [-0.3, -0.25) is 9.59 Å². The van der Waals surface area contributed by atoms with E-state index in [4.69, 9.17) is 14.2 Å². The van der Waals surface area contributed by atoms with Crippen molar-refractivity contribution in [3.63, 3.8) is 0 Å². The topological polar surface area (TPSA) is 97.4 Å². The molecule has 35 heavy (non-hydrogen) atoms. The summed E-state index contributed by atoms with van der Waals surface area (Å²) in [7, 11) is 4.54. The van der Waals surface area contributed by atoms with Gasteiger partial charge >= 0.3 is 6.03 Å². The van der Waals surface area contributed by atoms with Crippen molar-refractivity contribution in [2.45, 2.75) is 19.0 Å². The highest BCUT2D eigenvalue weighted by Gasteiger charge is 2.46. The highest BCUT2D eigenvalue weighted by atomic mass is 32.1. The summed E-state index contributed by atoms with van der Waals surface area (Å²) in [6, 6.07) is 14.0. The maximum atomic E-state index is 13.4. The lowest BCUT2D eigenvalue weighted by molar-refractivity contribution is -0.124. The number of benzene rings is 2. The molecule has 0 spiro atoms. The first-order valence-electron chi connectivity index (χ1n) is 10.8. The van der Waals surface area contributed by atoms with Crippen LogP contribution in [0.5, 0.6) is 17.2 Å². The SMILES string of the molecule is COc1cc(NC(=O)CC2C(=O)N(c3cccc(OC)c3)C(=O)N2Cc2cccs2)cc(OC)c1. The maximum Gasteiger partial charge on any atom is 0.332 e. The molecule has 4 amide bonds. The van der Waals surface area contributed by atoms with Gasteiger partial charge in [-0.1, -0.05) is 12.1 Å². The van der Waals surface area contributed by atoms with Crippen LogP contribution in [0.15, 0.2) is 60.0 Å². The third kappa shape index (κ3) is 5.22. The zero-order valence-corrected chi connectivity index (χ0v) is 20.3. The van der Waals surface area contributed by atoms with Crippen LogP contribution >= 0.6 is 11.3 Å². The Morgan fingerprint density at radius 1 is 0.943 bits per heavy atom. The molecule has 4 rings (SSSR count). The Balaban J connectivity index is 1.59. The first-order chi connectivity index (χ1) is 16.9. The number of carbonyl (C=O) groups is 3. The zero-order valence-electron chi connectivity index (χ0n) is 19.5. The molecule has 1 aliphatic rings. The van der Waals surface area contributed by atoms with Crippen molar-refractivity contribution < 1.29 is 28.6 Å². The van der Waals surface area contributed by atoms with Crippen molar-refractivity contribution in [2.24, 2.45) is 0 Å². The van der Waals surface area contributed by atoms with Crippen molar-refractivity contribution in [3.05, 3.63) is 64.9 Å². The van der Waals surface area contributed by atoms with E-state index in [1.165, 1.54) is 37.6 Å². The van der Waals surface area contributed by atoms with Gasteiger partial charge in [-0.25, -0.2) is 9.69 Å². The van der Waals surface area contributed by atoms with Gasteiger partial charge in [-0.15, -0.1) is 11.3 Å². The average Bonchev–Trinajstić information content (AvgIpc) is 3.46. The number of hydrogen-bond donors (Lipinski definition) is 1. The molecule has 3 aromatic rings. The second-order valence-electron chi connectivity index (χ2n) is 7.73. The minimum Gasteiger partial charge on any atom is -0.497 e. The van der Waals surface area contributed by atoms with Crippen LogP contribution in [-0.4, -0.2) is 50.1 Å². The Kier molecular flexibility index (Phi) is 7.21. The van der Waals surface area contributed by atoms with Gasteiger partial charge in [0.05, 0.1) is 40.0 Å². The molecule has 1 atom stereocenters. The summed E-state index contributed by atoms with van der Waals surface area (Å²) < 4.78 is 15.7. The zero-order chi connectivity index (χ0) is 24.9. The number of rotatable bonds is 9. The smallest absolute Gasteiger partial charge is 0.332 e. The predicted molar refractivity (Wildman–Crippen MR) is 132 cm³/mol. The molecule has 1 fully saturated rings. The number of thiophene rings is 1. The predicted octanol–water partition coefficient (Wildman–Crippen LogP) is 4.14. The fourth-order valence-corrected chi connectivity index (χ4v) is 4.54. The number of nitrogens with zero attached hydrogens (tertiary/aromatic N) is 2. The summed E-state index contributed by atoms with van der Waals surface area (Å²) in [6.45, 7) is 0.216. The molecular weight excluding hydrogens is 470 g/mol. The third-order valence-electron chi connectivity index (χ3n) is 5.55. The molecule has 9 nitrogen and oxygen atoms in total. The van der Waals surface area contributed by atoms with Crippen LogP contribution in [0.4, 0.5) is 16.2 Å². The molecule has 182 valence electrons. The number of methoxy groups -OCH3 is 3. The van der Waals surface area contributed by atoms with Crippen molar-refractivity contribution in [1.29, 1.82) is 0 Å². The Morgan fingerprint density at radius 3 is 2.29 bits per heavy atom. The Hall–Kier alpha value is -4.05. The van der Waals surface area contributed by atoms with E-state index < -0.39 is 23.9 Å². The Morgan fingerprint density at radius 2 is 1.66 bits per heavy atom. The number of anilines is 2. The normalized spacial score (nSPS) is 15.3. The number of ether oxygens (including phenoxy) is 3. The molecule has 0 saturated carbocycles. The molecule has 0 aliphatic carbocycles. The number of nitrogens with one attached hydrogen (secondary N) is 1. The molecule has 1 aromatic heterocycles. The summed E-state index contributed by atoms with van der Waals surface area (Å²) >= 11 is 1.48.